The van der Waals surface area contributed by atoms with E-state index in [4.69, 9.17) is 14.2 Å². The Kier molecular flexibility index (Phi) is 7.01. The molecule has 1 aromatic carbocycles. The van der Waals surface area contributed by atoms with Crippen molar-refractivity contribution in [3.63, 3.8) is 0 Å². The van der Waals surface area contributed by atoms with Gasteiger partial charge in [-0.3, -0.25) is 4.79 Å². The van der Waals surface area contributed by atoms with E-state index in [9.17, 15) is 14.9 Å². The van der Waals surface area contributed by atoms with Crippen molar-refractivity contribution in [1.29, 1.82) is 5.26 Å². The standard InChI is InChI=1S/C20H22N2O5S/c1-11(2)27-20(24)18-12(3)14(10-21)19(28-18)22-17(23)9-13-6-7-15(25-4)16(8-13)26-5/h6-8,11H,9H2,1-5H3,(H,22,23). The van der Waals surface area contributed by atoms with Crippen LogP contribution in [-0.4, -0.2) is 32.2 Å². The number of hydrogen-bond donors (Lipinski definition) is 1. The van der Waals surface area contributed by atoms with Gasteiger partial charge in [0.2, 0.25) is 5.91 Å². The van der Waals surface area contributed by atoms with Crippen LogP contribution in [0.2, 0.25) is 0 Å². The van der Waals surface area contributed by atoms with Crippen molar-refractivity contribution in [2.24, 2.45) is 0 Å². The van der Waals surface area contributed by atoms with E-state index in [1.165, 1.54) is 14.2 Å². The summed E-state index contributed by atoms with van der Waals surface area (Å²) in [6.45, 7) is 5.16. The molecule has 0 unspecified atom stereocenters. The quantitative estimate of drug-likeness (QED) is 0.709. The summed E-state index contributed by atoms with van der Waals surface area (Å²) in [5.41, 5.74) is 1.49. The van der Waals surface area contributed by atoms with Crippen molar-refractivity contribution in [1.82, 2.24) is 0 Å². The van der Waals surface area contributed by atoms with E-state index in [1.807, 2.05) is 6.07 Å². The highest BCUT2D eigenvalue weighted by atomic mass is 32.1. The molecule has 2 rings (SSSR count). The topological polar surface area (TPSA) is 97.6 Å². The maximum Gasteiger partial charge on any atom is 0.348 e. The number of anilines is 1. The van der Waals surface area contributed by atoms with Crippen molar-refractivity contribution < 1.29 is 23.8 Å². The van der Waals surface area contributed by atoms with Crippen molar-refractivity contribution in [2.45, 2.75) is 33.3 Å². The van der Waals surface area contributed by atoms with Crippen LogP contribution < -0.4 is 14.8 Å². The van der Waals surface area contributed by atoms with Gasteiger partial charge in [0.25, 0.3) is 0 Å². The van der Waals surface area contributed by atoms with Crippen LogP contribution in [-0.2, 0) is 16.0 Å². The van der Waals surface area contributed by atoms with Crippen LogP contribution in [0.15, 0.2) is 18.2 Å². The first-order valence-corrected chi connectivity index (χ1v) is 9.37. The van der Waals surface area contributed by atoms with Crippen LogP contribution in [0.3, 0.4) is 0 Å². The van der Waals surface area contributed by atoms with Gasteiger partial charge in [-0.05, 0) is 44.0 Å². The van der Waals surface area contributed by atoms with Crippen LogP contribution in [0, 0.1) is 18.3 Å². The lowest BCUT2D eigenvalue weighted by Gasteiger charge is -2.09. The lowest BCUT2D eigenvalue weighted by Crippen LogP contribution is -2.14. The van der Waals surface area contributed by atoms with Gasteiger partial charge in [0.15, 0.2) is 11.5 Å². The molecule has 1 N–H and O–H groups in total. The summed E-state index contributed by atoms with van der Waals surface area (Å²) in [7, 11) is 3.06. The van der Waals surface area contributed by atoms with Crippen molar-refractivity contribution in [3.05, 3.63) is 39.8 Å². The predicted molar refractivity (Wildman–Crippen MR) is 106 cm³/mol. The number of nitrogens with one attached hydrogen (secondary N) is 1. The third-order valence-corrected chi connectivity index (χ3v) is 5.04. The van der Waals surface area contributed by atoms with Crippen molar-refractivity contribution >= 4 is 28.2 Å². The zero-order valence-electron chi connectivity index (χ0n) is 16.4. The van der Waals surface area contributed by atoms with Crippen LogP contribution in [0.25, 0.3) is 0 Å². The number of benzene rings is 1. The first-order chi connectivity index (χ1) is 13.3. The molecule has 0 spiro atoms. The summed E-state index contributed by atoms with van der Waals surface area (Å²) in [4.78, 5) is 25.0. The number of hydrogen-bond acceptors (Lipinski definition) is 7. The fourth-order valence-electron chi connectivity index (χ4n) is 2.55. The molecule has 0 radical (unpaired) electrons. The van der Waals surface area contributed by atoms with E-state index in [0.717, 1.165) is 16.9 Å². The monoisotopic (exact) mass is 402 g/mol. The molecule has 1 heterocycles. The number of nitrogens with zero attached hydrogens (tertiary/aromatic N) is 1. The minimum Gasteiger partial charge on any atom is -0.493 e. The van der Waals surface area contributed by atoms with Crippen molar-refractivity contribution in [3.8, 4) is 17.6 Å². The number of methoxy groups -OCH3 is 2. The Bertz CT molecular complexity index is 927. The normalized spacial score (nSPS) is 10.3. The smallest absolute Gasteiger partial charge is 0.348 e. The summed E-state index contributed by atoms with van der Waals surface area (Å²) < 4.78 is 15.6. The Morgan fingerprint density at radius 3 is 2.46 bits per heavy atom. The van der Waals surface area contributed by atoms with E-state index >= 15 is 0 Å². The van der Waals surface area contributed by atoms with E-state index in [1.54, 1.807) is 39.0 Å². The molecule has 2 aromatic rings. The molecule has 0 aliphatic heterocycles. The van der Waals surface area contributed by atoms with Gasteiger partial charge in [-0.25, -0.2) is 4.79 Å². The third-order valence-electron chi connectivity index (χ3n) is 3.85. The maximum atomic E-state index is 12.5. The Morgan fingerprint density at radius 1 is 1.21 bits per heavy atom. The molecular formula is C20H22N2O5S. The molecule has 28 heavy (non-hydrogen) atoms. The number of thiophene rings is 1. The predicted octanol–water partition coefficient (Wildman–Crippen LogP) is 3.69. The summed E-state index contributed by atoms with van der Waals surface area (Å²) in [6.07, 6.45) is -0.198. The van der Waals surface area contributed by atoms with Gasteiger partial charge in [0, 0.05) is 0 Å². The molecule has 7 nitrogen and oxygen atoms in total. The second-order valence-corrected chi connectivity index (χ2v) is 7.26. The summed E-state index contributed by atoms with van der Waals surface area (Å²) in [5, 5.41) is 12.5. The molecule has 1 aromatic heterocycles. The van der Waals surface area contributed by atoms with E-state index in [0.29, 0.717) is 26.9 Å². The first kappa shape index (κ1) is 21.3. The van der Waals surface area contributed by atoms with Gasteiger partial charge in [-0.2, -0.15) is 5.26 Å². The number of nitriles is 1. The van der Waals surface area contributed by atoms with Gasteiger partial charge >= 0.3 is 5.97 Å². The molecule has 0 bridgehead atoms. The number of amides is 1. The van der Waals surface area contributed by atoms with Crippen LogP contribution >= 0.6 is 11.3 Å². The number of carbonyl (C=O) groups excluding carboxylic acids is 2. The van der Waals surface area contributed by atoms with Gasteiger partial charge < -0.3 is 19.5 Å². The number of ether oxygens (including phenoxy) is 3. The number of esters is 1. The molecule has 0 fully saturated rings. The van der Waals surface area contributed by atoms with Crippen LogP contribution in [0.4, 0.5) is 5.00 Å². The van der Waals surface area contributed by atoms with Gasteiger partial charge in [0.1, 0.15) is 15.9 Å². The third kappa shape index (κ3) is 4.81. The number of rotatable bonds is 7. The van der Waals surface area contributed by atoms with E-state index < -0.39 is 5.97 Å². The largest absolute Gasteiger partial charge is 0.493 e. The Balaban J connectivity index is 2.20. The first-order valence-electron chi connectivity index (χ1n) is 8.55. The van der Waals surface area contributed by atoms with E-state index in [2.05, 4.69) is 5.32 Å². The van der Waals surface area contributed by atoms with Crippen LogP contribution in [0.5, 0.6) is 11.5 Å². The lowest BCUT2D eigenvalue weighted by molar-refractivity contribution is -0.115. The lowest BCUT2D eigenvalue weighted by atomic mass is 10.1. The Morgan fingerprint density at radius 2 is 1.89 bits per heavy atom. The SMILES string of the molecule is COc1ccc(CC(=O)Nc2sc(C(=O)OC(C)C)c(C)c2C#N)cc1OC. The van der Waals surface area contributed by atoms with Gasteiger partial charge in [-0.15, -0.1) is 11.3 Å². The van der Waals surface area contributed by atoms with Gasteiger partial charge in [0.05, 0.1) is 32.3 Å². The zero-order valence-corrected chi connectivity index (χ0v) is 17.2. The summed E-state index contributed by atoms with van der Waals surface area (Å²) in [5.74, 6) is 0.278. The molecule has 8 heteroatoms. The van der Waals surface area contributed by atoms with Crippen molar-refractivity contribution in [2.75, 3.05) is 19.5 Å². The molecule has 0 atom stereocenters. The fourth-order valence-corrected chi connectivity index (χ4v) is 3.60. The zero-order chi connectivity index (χ0) is 20.8. The maximum absolute atomic E-state index is 12.5. The molecule has 148 valence electrons. The minimum absolute atomic E-state index is 0.0773. The average molecular weight is 402 g/mol. The second-order valence-electron chi connectivity index (χ2n) is 6.24. The highest BCUT2D eigenvalue weighted by Crippen LogP contribution is 2.33. The molecule has 1 amide bonds. The summed E-state index contributed by atoms with van der Waals surface area (Å²) in [6, 6.07) is 7.24. The highest BCUT2D eigenvalue weighted by Gasteiger charge is 2.23. The minimum atomic E-state index is -0.505. The molecule has 0 aliphatic carbocycles. The second kappa shape index (κ2) is 9.24. The Hall–Kier alpha value is -3.05. The van der Waals surface area contributed by atoms with Gasteiger partial charge in [-0.1, -0.05) is 6.07 Å². The molecule has 0 saturated heterocycles. The Labute approximate surface area is 167 Å². The van der Waals surface area contributed by atoms with E-state index in [-0.39, 0.29) is 24.0 Å². The molecule has 0 aliphatic rings. The molecular weight excluding hydrogens is 380 g/mol. The fraction of sp³-hybridized carbons (Fsp3) is 0.350. The van der Waals surface area contributed by atoms with Crippen LogP contribution in [0.1, 0.15) is 40.2 Å². The summed E-state index contributed by atoms with van der Waals surface area (Å²) >= 11 is 1.04. The average Bonchev–Trinajstić information content (AvgIpc) is 2.96. The highest BCUT2D eigenvalue weighted by molar-refractivity contribution is 7.18. The number of carbonyl (C=O) groups is 2. The molecule has 0 saturated carbocycles.